The molecule has 0 saturated heterocycles. The number of aliphatic hydroxyl groups is 1. The van der Waals surface area contributed by atoms with Crippen molar-refractivity contribution in [2.24, 2.45) is 0 Å². The summed E-state index contributed by atoms with van der Waals surface area (Å²) < 4.78 is 5.88. The van der Waals surface area contributed by atoms with Crippen molar-refractivity contribution >= 4 is 21.6 Å². The van der Waals surface area contributed by atoms with Crippen LogP contribution in [-0.4, -0.2) is 43.4 Å². The fraction of sp³-hybridized carbons (Fsp3) is 0.500. The predicted molar refractivity (Wildman–Crippen MR) is 72.8 cm³/mol. The van der Waals surface area contributed by atoms with Crippen LogP contribution in [0.5, 0.6) is 0 Å². The van der Waals surface area contributed by atoms with Crippen molar-refractivity contribution in [2.45, 2.75) is 12.6 Å². The summed E-state index contributed by atoms with van der Waals surface area (Å²) in [6, 6.07) is 5.74. The number of rotatable bonds is 6. The van der Waals surface area contributed by atoms with Crippen molar-refractivity contribution in [3.8, 4) is 0 Å². The number of likely N-dealkylation sites (N-methyl/N-ethyl adjacent to an activating group) is 1. The molecule has 0 amide bonds. The van der Waals surface area contributed by atoms with Crippen molar-refractivity contribution < 1.29 is 9.84 Å². The maximum atomic E-state index is 9.61. The zero-order chi connectivity index (χ0) is 12.8. The Bertz CT molecular complexity index is 360. The van der Waals surface area contributed by atoms with Crippen LogP contribution in [0, 0.1) is 0 Å². The van der Waals surface area contributed by atoms with Crippen LogP contribution in [0.1, 0.15) is 5.56 Å². The lowest BCUT2D eigenvalue weighted by molar-refractivity contribution is 0.0418. The molecule has 0 aliphatic carbocycles. The van der Waals surface area contributed by atoms with Crippen LogP contribution in [0.2, 0.25) is 0 Å². The molecule has 3 N–H and O–H groups in total. The van der Waals surface area contributed by atoms with Gasteiger partial charge in [-0.25, -0.2) is 0 Å². The van der Waals surface area contributed by atoms with Crippen molar-refractivity contribution in [1.29, 1.82) is 0 Å². The van der Waals surface area contributed by atoms with Gasteiger partial charge in [0.05, 0.1) is 12.7 Å². The largest absolute Gasteiger partial charge is 0.399 e. The van der Waals surface area contributed by atoms with Crippen molar-refractivity contribution in [3.05, 3.63) is 28.2 Å². The molecule has 1 aromatic rings. The number of anilines is 1. The highest BCUT2D eigenvalue weighted by Gasteiger charge is 2.09. The van der Waals surface area contributed by atoms with Gasteiger partial charge in [0.1, 0.15) is 0 Å². The first-order valence-corrected chi connectivity index (χ1v) is 6.21. The summed E-state index contributed by atoms with van der Waals surface area (Å²) in [4.78, 5) is 2.04. The average molecular weight is 303 g/mol. The number of ether oxygens (including phenoxy) is 1. The maximum absolute atomic E-state index is 9.61. The number of nitrogens with zero attached hydrogens (tertiary/aromatic N) is 1. The first kappa shape index (κ1) is 14.4. The van der Waals surface area contributed by atoms with Crippen LogP contribution < -0.4 is 5.73 Å². The number of aliphatic hydroxyl groups excluding tert-OH is 1. The van der Waals surface area contributed by atoms with Gasteiger partial charge < -0.3 is 15.6 Å². The fourth-order valence-electron chi connectivity index (χ4n) is 1.65. The van der Waals surface area contributed by atoms with Gasteiger partial charge in [0, 0.05) is 30.4 Å². The zero-order valence-electron chi connectivity index (χ0n) is 10.2. The Balaban J connectivity index is 2.52. The lowest BCUT2D eigenvalue weighted by Crippen LogP contribution is -2.31. The normalized spacial score (nSPS) is 13.0. The molecule has 17 heavy (non-hydrogen) atoms. The highest BCUT2D eigenvalue weighted by Crippen LogP contribution is 2.21. The van der Waals surface area contributed by atoms with Crippen LogP contribution in [0.4, 0.5) is 5.69 Å². The molecule has 0 radical (unpaired) electrons. The molecule has 1 aromatic carbocycles. The summed E-state index contributed by atoms with van der Waals surface area (Å²) >= 11 is 3.48. The number of nitrogen functional groups attached to an aromatic ring is 1. The average Bonchev–Trinajstić information content (AvgIpc) is 2.22. The first-order valence-electron chi connectivity index (χ1n) is 5.42. The topological polar surface area (TPSA) is 58.7 Å². The maximum Gasteiger partial charge on any atom is 0.0900 e. The van der Waals surface area contributed by atoms with Gasteiger partial charge >= 0.3 is 0 Å². The fourth-order valence-corrected chi connectivity index (χ4v) is 2.17. The number of methoxy groups -OCH3 is 1. The van der Waals surface area contributed by atoms with E-state index in [0.29, 0.717) is 13.2 Å². The van der Waals surface area contributed by atoms with E-state index < -0.39 is 6.10 Å². The van der Waals surface area contributed by atoms with Crippen molar-refractivity contribution in [1.82, 2.24) is 4.90 Å². The molecule has 4 nitrogen and oxygen atoms in total. The van der Waals surface area contributed by atoms with Gasteiger partial charge in [-0.1, -0.05) is 22.0 Å². The number of hydrogen-bond donors (Lipinski definition) is 2. The Labute approximate surface area is 110 Å². The molecule has 5 heteroatoms. The minimum atomic E-state index is -0.461. The monoisotopic (exact) mass is 302 g/mol. The smallest absolute Gasteiger partial charge is 0.0900 e. The van der Waals surface area contributed by atoms with Gasteiger partial charge in [0.25, 0.3) is 0 Å². The molecule has 0 spiro atoms. The van der Waals surface area contributed by atoms with Crippen LogP contribution in [0.25, 0.3) is 0 Å². The van der Waals surface area contributed by atoms with Crippen LogP contribution >= 0.6 is 15.9 Å². The summed E-state index contributed by atoms with van der Waals surface area (Å²) in [5.41, 5.74) is 7.56. The van der Waals surface area contributed by atoms with Crippen molar-refractivity contribution in [2.75, 3.05) is 33.0 Å². The van der Waals surface area contributed by atoms with Gasteiger partial charge in [-0.2, -0.15) is 0 Å². The molecule has 0 fully saturated rings. The number of benzene rings is 1. The van der Waals surface area contributed by atoms with Gasteiger partial charge in [-0.05, 0) is 24.7 Å². The molecular formula is C12H19BrN2O2. The third-order valence-electron chi connectivity index (χ3n) is 2.40. The molecule has 0 aromatic heterocycles. The quantitative estimate of drug-likeness (QED) is 0.781. The van der Waals surface area contributed by atoms with E-state index >= 15 is 0 Å². The lowest BCUT2D eigenvalue weighted by atomic mass is 10.2. The highest BCUT2D eigenvalue weighted by atomic mass is 79.9. The number of nitrogens with two attached hydrogens (primary N) is 1. The SMILES string of the molecule is COCC(O)CN(C)Cc1ccc(N)cc1Br. The van der Waals surface area contributed by atoms with Crippen LogP contribution in [0.3, 0.4) is 0 Å². The summed E-state index contributed by atoms with van der Waals surface area (Å²) in [5, 5.41) is 9.61. The van der Waals surface area contributed by atoms with Gasteiger partial charge in [0.15, 0.2) is 0 Å². The minimum absolute atomic E-state index is 0.354. The molecule has 0 aliphatic rings. The molecule has 0 saturated carbocycles. The Morgan fingerprint density at radius 2 is 2.24 bits per heavy atom. The van der Waals surface area contributed by atoms with E-state index in [2.05, 4.69) is 15.9 Å². The Morgan fingerprint density at radius 1 is 1.53 bits per heavy atom. The van der Waals surface area contributed by atoms with E-state index in [0.717, 1.165) is 22.3 Å². The number of halogens is 1. The van der Waals surface area contributed by atoms with Gasteiger partial charge in [-0.3, -0.25) is 4.90 Å². The molecule has 1 atom stereocenters. The molecular weight excluding hydrogens is 284 g/mol. The second-order valence-electron chi connectivity index (χ2n) is 4.16. The third kappa shape index (κ3) is 5.04. The molecule has 1 unspecified atom stereocenters. The standard InChI is InChI=1S/C12H19BrN2O2/c1-15(7-11(16)8-17-2)6-9-3-4-10(14)5-12(9)13/h3-5,11,16H,6-8,14H2,1-2H3. The van der Waals surface area contributed by atoms with Crippen LogP contribution in [0.15, 0.2) is 22.7 Å². The summed E-state index contributed by atoms with van der Waals surface area (Å²) in [6.45, 7) is 1.68. The summed E-state index contributed by atoms with van der Waals surface area (Å²) in [7, 11) is 3.54. The Morgan fingerprint density at radius 3 is 2.82 bits per heavy atom. The van der Waals surface area contributed by atoms with E-state index in [-0.39, 0.29) is 0 Å². The van der Waals surface area contributed by atoms with E-state index in [1.807, 2.05) is 30.1 Å². The van der Waals surface area contributed by atoms with E-state index in [1.54, 1.807) is 7.11 Å². The van der Waals surface area contributed by atoms with Gasteiger partial charge in [-0.15, -0.1) is 0 Å². The Kier molecular flexibility index (Phi) is 5.91. The second-order valence-corrected chi connectivity index (χ2v) is 5.01. The van der Waals surface area contributed by atoms with Gasteiger partial charge in [0.2, 0.25) is 0 Å². The van der Waals surface area contributed by atoms with E-state index in [9.17, 15) is 5.11 Å². The molecule has 0 heterocycles. The molecule has 0 aliphatic heterocycles. The third-order valence-corrected chi connectivity index (χ3v) is 3.14. The van der Waals surface area contributed by atoms with Crippen LogP contribution in [-0.2, 0) is 11.3 Å². The highest BCUT2D eigenvalue weighted by molar-refractivity contribution is 9.10. The lowest BCUT2D eigenvalue weighted by Gasteiger charge is -2.20. The van der Waals surface area contributed by atoms with E-state index in [4.69, 9.17) is 10.5 Å². The van der Waals surface area contributed by atoms with E-state index in [1.165, 1.54) is 0 Å². The second kappa shape index (κ2) is 6.96. The first-order chi connectivity index (χ1) is 8.02. The van der Waals surface area contributed by atoms with Crippen molar-refractivity contribution in [3.63, 3.8) is 0 Å². The molecule has 1 rings (SSSR count). The zero-order valence-corrected chi connectivity index (χ0v) is 11.8. The molecule has 0 bridgehead atoms. The predicted octanol–water partition coefficient (Wildman–Crippen LogP) is 1.47. The number of hydrogen-bond acceptors (Lipinski definition) is 4. The molecule has 96 valence electrons. The Hall–Kier alpha value is -0.620. The minimum Gasteiger partial charge on any atom is -0.399 e. The summed E-state index contributed by atoms with van der Waals surface area (Å²) in [6.07, 6.45) is -0.461. The summed E-state index contributed by atoms with van der Waals surface area (Å²) in [5.74, 6) is 0.